The van der Waals surface area contributed by atoms with Crippen LogP contribution in [0.5, 0.6) is 5.75 Å². The lowest BCUT2D eigenvalue weighted by molar-refractivity contribution is 0.317. The van der Waals surface area contributed by atoms with Crippen molar-refractivity contribution in [1.29, 1.82) is 0 Å². The zero-order chi connectivity index (χ0) is 17.0. The van der Waals surface area contributed by atoms with E-state index in [2.05, 4.69) is 14.7 Å². The van der Waals surface area contributed by atoms with Crippen molar-refractivity contribution in [3.05, 3.63) is 54.6 Å². The molecule has 2 heterocycles. The summed E-state index contributed by atoms with van der Waals surface area (Å²) in [6.45, 7) is 2.77. The zero-order valence-electron chi connectivity index (χ0n) is 13.2. The van der Waals surface area contributed by atoms with Crippen LogP contribution < -0.4 is 9.46 Å². The maximum absolute atomic E-state index is 12.4. The molecule has 0 aliphatic carbocycles. The van der Waals surface area contributed by atoms with Crippen molar-refractivity contribution < 1.29 is 13.2 Å². The van der Waals surface area contributed by atoms with Crippen LogP contribution in [0.3, 0.4) is 0 Å². The Hall–Kier alpha value is -2.45. The summed E-state index contributed by atoms with van der Waals surface area (Å²) in [5.74, 6) is 1.23. The topological polar surface area (TPSA) is 85.6 Å². The molecule has 0 saturated carbocycles. The molecule has 0 unspecified atom stereocenters. The van der Waals surface area contributed by atoms with Crippen LogP contribution in [0.2, 0.25) is 0 Å². The number of rotatable bonds is 7. The molecule has 126 valence electrons. The number of benzene rings is 1. The van der Waals surface area contributed by atoms with Gasteiger partial charge in [0, 0.05) is 36.9 Å². The van der Waals surface area contributed by atoms with Crippen molar-refractivity contribution in [2.75, 3.05) is 6.61 Å². The summed E-state index contributed by atoms with van der Waals surface area (Å²) in [6, 6.07) is 6.38. The molecule has 0 fully saturated rings. The molecule has 1 aromatic carbocycles. The van der Waals surface area contributed by atoms with Crippen molar-refractivity contribution in [3.8, 4) is 5.75 Å². The molecule has 0 saturated heterocycles. The molecular formula is C16H18N4O3S. The van der Waals surface area contributed by atoms with E-state index in [0.717, 1.165) is 12.0 Å². The second-order valence-corrected chi connectivity index (χ2v) is 7.01. The van der Waals surface area contributed by atoms with Crippen LogP contribution in [-0.2, 0) is 16.6 Å². The standard InChI is InChI=1S/C16H18N4O3S/c1-2-9-23-14-3-5-15(6-4-14)24(21,22)19-11-13-10-18-16-17-7-8-20(16)12-13/h3-8,10,12,19H,2,9,11H2,1H3. The van der Waals surface area contributed by atoms with Crippen LogP contribution in [0.4, 0.5) is 0 Å². The van der Waals surface area contributed by atoms with Crippen molar-refractivity contribution in [2.45, 2.75) is 24.8 Å². The molecule has 0 atom stereocenters. The molecule has 0 amide bonds. The average molecular weight is 346 g/mol. The highest BCUT2D eigenvalue weighted by Gasteiger charge is 2.14. The zero-order valence-corrected chi connectivity index (χ0v) is 14.0. The van der Waals surface area contributed by atoms with Crippen molar-refractivity contribution in [3.63, 3.8) is 0 Å². The van der Waals surface area contributed by atoms with Gasteiger partial charge in [-0.2, -0.15) is 0 Å². The first-order valence-electron chi connectivity index (χ1n) is 7.58. The van der Waals surface area contributed by atoms with E-state index >= 15 is 0 Å². The minimum Gasteiger partial charge on any atom is -0.494 e. The Kier molecular flexibility index (Phi) is 4.77. The molecular weight excluding hydrogens is 328 g/mol. The monoisotopic (exact) mass is 346 g/mol. The van der Waals surface area contributed by atoms with Gasteiger partial charge in [-0.15, -0.1) is 0 Å². The molecule has 3 aromatic rings. The van der Waals surface area contributed by atoms with E-state index in [-0.39, 0.29) is 11.4 Å². The summed E-state index contributed by atoms with van der Waals surface area (Å²) in [5.41, 5.74) is 0.743. The molecule has 2 aromatic heterocycles. The second kappa shape index (κ2) is 6.98. The molecule has 0 spiro atoms. The highest BCUT2D eigenvalue weighted by molar-refractivity contribution is 7.89. The molecule has 7 nitrogen and oxygen atoms in total. The largest absolute Gasteiger partial charge is 0.494 e. The summed E-state index contributed by atoms with van der Waals surface area (Å²) < 4.78 is 34.5. The van der Waals surface area contributed by atoms with Gasteiger partial charge in [0.25, 0.3) is 0 Å². The van der Waals surface area contributed by atoms with Crippen LogP contribution >= 0.6 is 0 Å². The SMILES string of the molecule is CCCOc1ccc(S(=O)(=O)NCc2cnc3nccn3c2)cc1. The van der Waals surface area contributed by atoms with Crippen molar-refractivity contribution in [2.24, 2.45) is 0 Å². The minimum atomic E-state index is -3.59. The molecule has 1 N–H and O–H groups in total. The Bertz CT molecular complexity index is 920. The molecule has 8 heteroatoms. The van der Waals surface area contributed by atoms with Gasteiger partial charge in [-0.3, -0.25) is 4.40 Å². The number of nitrogens with zero attached hydrogens (tertiary/aromatic N) is 3. The third kappa shape index (κ3) is 3.72. The van der Waals surface area contributed by atoms with E-state index in [0.29, 0.717) is 18.1 Å². The molecule has 0 aliphatic heterocycles. The first-order valence-corrected chi connectivity index (χ1v) is 9.07. The maximum Gasteiger partial charge on any atom is 0.240 e. The van der Waals surface area contributed by atoms with Gasteiger partial charge >= 0.3 is 0 Å². The number of aromatic nitrogens is 3. The van der Waals surface area contributed by atoms with Gasteiger partial charge in [0.05, 0.1) is 11.5 Å². The predicted molar refractivity (Wildman–Crippen MR) is 89.2 cm³/mol. The van der Waals surface area contributed by atoms with Crippen LogP contribution in [0.15, 0.2) is 53.9 Å². The van der Waals surface area contributed by atoms with Crippen LogP contribution in [0.25, 0.3) is 5.78 Å². The highest BCUT2D eigenvalue weighted by Crippen LogP contribution is 2.16. The van der Waals surface area contributed by atoms with Crippen LogP contribution in [0, 0.1) is 0 Å². The molecule has 0 bridgehead atoms. The Morgan fingerprint density at radius 3 is 2.75 bits per heavy atom. The first-order chi connectivity index (χ1) is 11.6. The fourth-order valence-electron chi connectivity index (χ4n) is 2.15. The molecule has 24 heavy (non-hydrogen) atoms. The van der Waals surface area contributed by atoms with Gasteiger partial charge in [-0.1, -0.05) is 6.92 Å². The second-order valence-electron chi connectivity index (χ2n) is 5.24. The number of fused-ring (bicyclic) bond motifs is 1. The van der Waals surface area contributed by atoms with E-state index < -0.39 is 10.0 Å². The number of hydrogen-bond donors (Lipinski definition) is 1. The quantitative estimate of drug-likeness (QED) is 0.707. The molecule has 0 aliphatic rings. The van der Waals surface area contributed by atoms with Gasteiger partial charge in [-0.05, 0) is 30.7 Å². The summed E-state index contributed by atoms with van der Waals surface area (Å²) in [7, 11) is -3.59. The summed E-state index contributed by atoms with van der Waals surface area (Å²) in [6.07, 6.45) is 7.69. The van der Waals surface area contributed by atoms with E-state index in [1.807, 2.05) is 6.92 Å². The van der Waals surface area contributed by atoms with E-state index in [1.54, 1.807) is 41.3 Å². The normalized spacial score (nSPS) is 11.7. The number of imidazole rings is 1. The predicted octanol–water partition coefficient (Wildman–Crippen LogP) is 2.00. The number of nitrogens with one attached hydrogen (secondary N) is 1. The third-order valence-electron chi connectivity index (χ3n) is 3.37. The fourth-order valence-corrected chi connectivity index (χ4v) is 3.16. The summed E-state index contributed by atoms with van der Waals surface area (Å²) in [5, 5.41) is 0. The lowest BCUT2D eigenvalue weighted by Crippen LogP contribution is -2.23. The minimum absolute atomic E-state index is 0.150. The molecule has 0 radical (unpaired) electrons. The van der Waals surface area contributed by atoms with Crippen LogP contribution in [0.1, 0.15) is 18.9 Å². The lowest BCUT2D eigenvalue weighted by atomic mass is 10.3. The smallest absolute Gasteiger partial charge is 0.240 e. The Balaban J connectivity index is 1.68. The third-order valence-corrected chi connectivity index (χ3v) is 4.79. The van der Waals surface area contributed by atoms with Crippen molar-refractivity contribution >= 4 is 15.8 Å². The lowest BCUT2D eigenvalue weighted by Gasteiger charge is -2.08. The van der Waals surface area contributed by atoms with E-state index in [4.69, 9.17) is 4.74 Å². The van der Waals surface area contributed by atoms with Crippen molar-refractivity contribution in [1.82, 2.24) is 19.1 Å². The number of hydrogen-bond acceptors (Lipinski definition) is 5. The summed E-state index contributed by atoms with van der Waals surface area (Å²) >= 11 is 0. The number of sulfonamides is 1. The van der Waals surface area contributed by atoms with Gasteiger partial charge < -0.3 is 4.74 Å². The van der Waals surface area contributed by atoms with Gasteiger partial charge in [0.2, 0.25) is 15.8 Å². The van der Waals surface area contributed by atoms with Gasteiger partial charge in [0.15, 0.2) is 0 Å². The van der Waals surface area contributed by atoms with Gasteiger partial charge in [-0.25, -0.2) is 23.1 Å². The average Bonchev–Trinajstić information content (AvgIpc) is 3.06. The van der Waals surface area contributed by atoms with E-state index in [1.165, 1.54) is 12.1 Å². The van der Waals surface area contributed by atoms with Gasteiger partial charge in [0.1, 0.15) is 5.75 Å². The Morgan fingerprint density at radius 1 is 1.21 bits per heavy atom. The van der Waals surface area contributed by atoms with Crippen LogP contribution in [-0.4, -0.2) is 29.4 Å². The number of ether oxygens (including phenoxy) is 1. The molecule has 3 rings (SSSR count). The highest BCUT2D eigenvalue weighted by atomic mass is 32.2. The fraction of sp³-hybridized carbons (Fsp3) is 0.250. The Labute approximate surface area is 140 Å². The Morgan fingerprint density at radius 2 is 2.00 bits per heavy atom. The summed E-state index contributed by atoms with van der Waals surface area (Å²) in [4.78, 5) is 8.40. The first kappa shape index (κ1) is 16.4. The van der Waals surface area contributed by atoms with E-state index in [9.17, 15) is 8.42 Å². The maximum atomic E-state index is 12.4.